The van der Waals surface area contributed by atoms with Gasteiger partial charge >= 0.3 is 0 Å². The smallest absolute Gasteiger partial charge is 0.169 e. The Morgan fingerprint density at radius 2 is 1.90 bits per heavy atom. The van der Waals surface area contributed by atoms with Gasteiger partial charge in [-0.15, -0.1) is 5.10 Å². The Bertz CT molecular complexity index is 1190. The van der Waals surface area contributed by atoms with E-state index < -0.39 is 0 Å². The Hall–Kier alpha value is -2.43. The number of ether oxygens (including phenoxy) is 1. The quantitative estimate of drug-likeness (QED) is 0.382. The average Bonchev–Trinajstić information content (AvgIpc) is 3.11. The van der Waals surface area contributed by atoms with Crippen molar-refractivity contribution >= 4 is 28.8 Å². The molecule has 0 saturated carbocycles. The lowest BCUT2D eigenvalue weighted by Gasteiger charge is -2.10. The van der Waals surface area contributed by atoms with E-state index in [2.05, 4.69) is 42.0 Å². The standard InChI is InChI=1S/C23H21Cl2N3O/c1-15-5-7-16(8-6-15)19-13-28-23-18(19)4-2-3-11-27(23)22(26-28)14-29-21-10-9-17(24)12-20(21)25/h5-10,12-13H,2-4,11,14H2,1H3. The van der Waals surface area contributed by atoms with Crippen molar-refractivity contribution in [2.24, 2.45) is 0 Å². The van der Waals surface area contributed by atoms with Gasteiger partial charge in [0.05, 0.1) is 5.02 Å². The molecule has 4 nitrogen and oxygen atoms in total. The highest BCUT2D eigenvalue weighted by atomic mass is 35.5. The van der Waals surface area contributed by atoms with Crippen LogP contribution in [0, 0.1) is 6.92 Å². The first-order chi connectivity index (χ1) is 14.1. The summed E-state index contributed by atoms with van der Waals surface area (Å²) in [6.07, 6.45) is 5.51. The fourth-order valence-electron chi connectivity index (χ4n) is 4.06. The maximum Gasteiger partial charge on any atom is 0.169 e. The Kier molecular flexibility index (Phi) is 4.76. The second-order valence-corrected chi connectivity index (χ2v) is 8.39. The van der Waals surface area contributed by atoms with Crippen molar-refractivity contribution in [3.8, 4) is 16.9 Å². The molecule has 0 unspecified atom stereocenters. The Balaban J connectivity index is 1.52. The first-order valence-corrected chi connectivity index (χ1v) is 10.6. The lowest BCUT2D eigenvalue weighted by Crippen LogP contribution is -2.07. The van der Waals surface area contributed by atoms with E-state index in [0.29, 0.717) is 22.4 Å². The van der Waals surface area contributed by atoms with E-state index >= 15 is 0 Å². The van der Waals surface area contributed by atoms with Gasteiger partial charge in [0, 0.05) is 28.9 Å². The van der Waals surface area contributed by atoms with Gasteiger partial charge in [-0.1, -0.05) is 53.0 Å². The third-order valence-electron chi connectivity index (χ3n) is 5.53. The molecule has 3 heterocycles. The van der Waals surface area contributed by atoms with Crippen LogP contribution >= 0.6 is 23.2 Å². The second kappa shape index (κ2) is 7.43. The largest absolute Gasteiger partial charge is 0.484 e. The zero-order valence-electron chi connectivity index (χ0n) is 16.2. The molecule has 0 N–H and O–H groups in total. The van der Waals surface area contributed by atoms with Crippen molar-refractivity contribution in [1.82, 2.24) is 14.2 Å². The topological polar surface area (TPSA) is 31.5 Å². The third-order valence-corrected chi connectivity index (χ3v) is 6.06. The Labute approximate surface area is 179 Å². The highest BCUT2D eigenvalue weighted by Gasteiger charge is 2.22. The van der Waals surface area contributed by atoms with Crippen LogP contribution < -0.4 is 4.74 Å². The van der Waals surface area contributed by atoms with Crippen LogP contribution in [0.5, 0.6) is 5.75 Å². The molecular formula is C23H21Cl2N3O. The monoisotopic (exact) mass is 425 g/mol. The van der Waals surface area contributed by atoms with Gasteiger partial charge in [-0.3, -0.25) is 0 Å². The number of hydrogen-bond acceptors (Lipinski definition) is 2. The highest BCUT2D eigenvalue weighted by Crippen LogP contribution is 2.34. The molecule has 1 aliphatic heterocycles. The molecule has 148 valence electrons. The minimum absolute atomic E-state index is 0.363. The van der Waals surface area contributed by atoms with Gasteiger partial charge in [-0.2, -0.15) is 0 Å². The van der Waals surface area contributed by atoms with Crippen LogP contribution in [0.3, 0.4) is 0 Å². The number of halogens is 2. The summed E-state index contributed by atoms with van der Waals surface area (Å²) in [5.74, 6) is 1.52. The molecule has 0 bridgehead atoms. The Morgan fingerprint density at radius 3 is 2.69 bits per heavy atom. The van der Waals surface area contributed by atoms with E-state index in [4.69, 9.17) is 33.0 Å². The number of benzene rings is 2. The minimum atomic E-state index is 0.363. The van der Waals surface area contributed by atoms with E-state index in [1.807, 2.05) is 4.52 Å². The molecule has 29 heavy (non-hydrogen) atoms. The molecule has 0 saturated heterocycles. The fourth-order valence-corrected chi connectivity index (χ4v) is 4.52. The summed E-state index contributed by atoms with van der Waals surface area (Å²) in [5, 5.41) is 5.94. The first-order valence-electron chi connectivity index (χ1n) is 9.84. The molecule has 0 fully saturated rings. The normalized spacial score (nSPS) is 13.6. The molecule has 0 amide bonds. The molecule has 6 heteroatoms. The zero-order valence-corrected chi connectivity index (χ0v) is 17.7. The van der Waals surface area contributed by atoms with Gasteiger partial charge in [0.2, 0.25) is 0 Å². The predicted octanol–water partition coefficient (Wildman–Crippen LogP) is 6.33. The molecule has 5 rings (SSSR count). The maximum absolute atomic E-state index is 6.25. The summed E-state index contributed by atoms with van der Waals surface area (Å²) in [6.45, 7) is 3.42. The number of nitrogens with zero attached hydrogens (tertiary/aromatic N) is 3. The molecule has 1 aliphatic rings. The highest BCUT2D eigenvalue weighted by molar-refractivity contribution is 6.35. The molecule has 0 spiro atoms. The molecule has 2 aromatic carbocycles. The third kappa shape index (κ3) is 3.41. The van der Waals surface area contributed by atoms with Gasteiger partial charge in [-0.05, 0) is 49.9 Å². The summed E-state index contributed by atoms with van der Waals surface area (Å²) < 4.78 is 10.3. The first kappa shape index (κ1) is 18.6. The summed E-state index contributed by atoms with van der Waals surface area (Å²) in [5.41, 5.74) is 6.34. The van der Waals surface area contributed by atoms with Crippen molar-refractivity contribution in [2.45, 2.75) is 39.3 Å². The molecule has 0 atom stereocenters. The lowest BCUT2D eigenvalue weighted by molar-refractivity contribution is 0.289. The number of aromatic nitrogens is 3. The number of rotatable bonds is 4. The van der Waals surface area contributed by atoms with Crippen molar-refractivity contribution < 1.29 is 4.74 Å². The molecule has 0 radical (unpaired) electrons. The molecule has 0 aliphatic carbocycles. The van der Waals surface area contributed by atoms with E-state index in [0.717, 1.165) is 25.2 Å². The van der Waals surface area contributed by atoms with Gasteiger partial charge in [0.1, 0.15) is 18.0 Å². The average molecular weight is 426 g/mol. The lowest BCUT2D eigenvalue weighted by atomic mass is 10.00. The SMILES string of the molecule is Cc1ccc(-c2cn3nc(COc4ccc(Cl)cc4Cl)n4c3c2CCCC4)cc1. The van der Waals surface area contributed by atoms with Crippen LogP contribution in [0.15, 0.2) is 48.7 Å². The van der Waals surface area contributed by atoms with Crippen molar-refractivity contribution in [2.75, 3.05) is 0 Å². The van der Waals surface area contributed by atoms with Crippen LogP contribution in [0.2, 0.25) is 10.0 Å². The van der Waals surface area contributed by atoms with Gasteiger partial charge < -0.3 is 9.30 Å². The van der Waals surface area contributed by atoms with Gasteiger partial charge in [-0.25, -0.2) is 4.52 Å². The maximum atomic E-state index is 6.25. The van der Waals surface area contributed by atoms with Crippen LogP contribution in [-0.2, 0) is 19.6 Å². The summed E-state index contributed by atoms with van der Waals surface area (Å²) >= 11 is 12.2. The molecule has 4 aromatic rings. The van der Waals surface area contributed by atoms with E-state index in [-0.39, 0.29) is 0 Å². The molecular weight excluding hydrogens is 405 g/mol. The van der Waals surface area contributed by atoms with Crippen LogP contribution in [0.1, 0.15) is 29.8 Å². The van der Waals surface area contributed by atoms with Gasteiger partial charge in [0.15, 0.2) is 5.82 Å². The Morgan fingerprint density at radius 1 is 1.07 bits per heavy atom. The van der Waals surface area contributed by atoms with Crippen LogP contribution in [0.4, 0.5) is 0 Å². The fraction of sp³-hybridized carbons (Fsp3) is 0.261. The number of aryl methyl sites for hydroxylation is 3. The van der Waals surface area contributed by atoms with E-state index in [1.165, 1.54) is 34.3 Å². The van der Waals surface area contributed by atoms with E-state index in [1.54, 1.807) is 18.2 Å². The molecule has 2 aromatic heterocycles. The van der Waals surface area contributed by atoms with Crippen molar-refractivity contribution in [3.63, 3.8) is 0 Å². The summed E-state index contributed by atoms with van der Waals surface area (Å²) in [4.78, 5) is 0. The second-order valence-electron chi connectivity index (χ2n) is 7.54. The summed E-state index contributed by atoms with van der Waals surface area (Å²) in [7, 11) is 0. The van der Waals surface area contributed by atoms with Crippen LogP contribution in [-0.4, -0.2) is 14.2 Å². The van der Waals surface area contributed by atoms with Crippen molar-refractivity contribution in [3.05, 3.63) is 75.7 Å². The minimum Gasteiger partial charge on any atom is -0.484 e. The van der Waals surface area contributed by atoms with Gasteiger partial charge in [0.25, 0.3) is 0 Å². The van der Waals surface area contributed by atoms with Crippen molar-refractivity contribution in [1.29, 1.82) is 0 Å². The van der Waals surface area contributed by atoms with Crippen LogP contribution in [0.25, 0.3) is 16.8 Å². The predicted molar refractivity (Wildman–Crippen MR) is 117 cm³/mol. The zero-order chi connectivity index (χ0) is 20.0. The number of hydrogen-bond donors (Lipinski definition) is 0. The summed E-state index contributed by atoms with van der Waals surface area (Å²) in [6, 6.07) is 14.0. The van der Waals surface area contributed by atoms with E-state index in [9.17, 15) is 0 Å².